The predicted octanol–water partition coefficient (Wildman–Crippen LogP) is 2.76. The Labute approximate surface area is 125 Å². The summed E-state index contributed by atoms with van der Waals surface area (Å²) in [6, 6.07) is 7.16. The van der Waals surface area contributed by atoms with E-state index in [4.69, 9.17) is 4.74 Å². The van der Waals surface area contributed by atoms with E-state index in [0.717, 1.165) is 31.4 Å². The van der Waals surface area contributed by atoms with Crippen molar-refractivity contribution in [3.63, 3.8) is 0 Å². The zero-order chi connectivity index (χ0) is 15.1. The Kier molecular flexibility index (Phi) is 5.87. The summed E-state index contributed by atoms with van der Waals surface area (Å²) in [7, 11) is 0. The van der Waals surface area contributed by atoms with E-state index >= 15 is 0 Å². The van der Waals surface area contributed by atoms with Gasteiger partial charge < -0.3 is 20.5 Å². The molecule has 1 aliphatic carbocycles. The van der Waals surface area contributed by atoms with E-state index in [1.165, 1.54) is 0 Å². The van der Waals surface area contributed by atoms with Gasteiger partial charge in [0.15, 0.2) is 0 Å². The van der Waals surface area contributed by atoms with Crippen LogP contribution in [0.2, 0.25) is 0 Å². The molecule has 5 nitrogen and oxygen atoms in total. The van der Waals surface area contributed by atoms with E-state index in [1.54, 1.807) is 0 Å². The van der Waals surface area contributed by atoms with Crippen LogP contribution in [0.5, 0.6) is 5.75 Å². The highest BCUT2D eigenvalue weighted by molar-refractivity contribution is 5.89. The Morgan fingerprint density at radius 1 is 1.43 bits per heavy atom. The van der Waals surface area contributed by atoms with Gasteiger partial charge in [0, 0.05) is 18.3 Å². The van der Waals surface area contributed by atoms with Crippen LogP contribution in [-0.4, -0.2) is 30.4 Å². The molecular formula is C16H24N2O3. The lowest BCUT2D eigenvalue weighted by Crippen LogP contribution is -2.32. The molecular weight excluding hydrogens is 268 g/mol. The van der Waals surface area contributed by atoms with Gasteiger partial charge in [0.25, 0.3) is 0 Å². The number of aliphatic hydroxyl groups excluding tert-OH is 1. The summed E-state index contributed by atoms with van der Waals surface area (Å²) in [5, 5.41) is 15.1. The number of anilines is 1. The molecule has 0 heterocycles. The summed E-state index contributed by atoms with van der Waals surface area (Å²) in [5.74, 6) is 1.14. The lowest BCUT2D eigenvalue weighted by molar-refractivity contribution is 0.177. The van der Waals surface area contributed by atoms with Crippen molar-refractivity contribution >= 4 is 11.7 Å². The van der Waals surface area contributed by atoms with Crippen molar-refractivity contribution in [3.05, 3.63) is 24.3 Å². The van der Waals surface area contributed by atoms with Crippen molar-refractivity contribution in [3.8, 4) is 5.75 Å². The second kappa shape index (κ2) is 7.88. The van der Waals surface area contributed by atoms with Crippen LogP contribution >= 0.6 is 0 Å². The first-order chi connectivity index (χ1) is 10.2. The van der Waals surface area contributed by atoms with Gasteiger partial charge in [0.05, 0.1) is 12.7 Å². The van der Waals surface area contributed by atoms with Crippen LogP contribution in [0.4, 0.5) is 10.5 Å². The summed E-state index contributed by atoms with van der Waals surface area (Å²) >= 11 is 0. The fourth-order valence-electron chi connectivity index (χ4n) is 2.53. The van der Waals surface area contributed by atoms with Crippen molar-refractivity contribution in [1.82, 2.24) is 5.32 Å². The van der Waals surface area contributed by atoms with Crippen LogP contribution in [0.15, 0.2) is 24.3 Å². The minimum absolute atomic E-state index is 0.202. The standard InChI is InChI=1S/C16H24N2O3/c1-2-8-21-15-5-3-4-13(10-15)18-16(20)17-11-12-6-7-14(19)9-12/h3-5,10,12,14,19H,2,6-9,11H2,1H3,(H2,17,18,20)/t12-,14-/m0/s1. The second-order valence-corrected chi connectivity index (χ2v) is 5.54. The zero-order valence-electron chi connectivity index (χ0n) is 12.5. The highest BCUT2D eigenvalue weighted by Crippen LogP contribution is 2.24. The molecule has 2 atom stereocenters. The topological polar surface area (TPSA) is 70.6 Å². The Hall–Kier alpha value is -1.75. The third-order valence-corrected chi connectivity index (χ3v) is 3.63. The van der Waals surface area contributed by atoms with Crippen molar-refractivity contribution in [2.75, 3.05) is 18.5 Å². The van der Waals surface area contributed by atoms with Gasteiger partial charge in [-0.1, -0.05) is 13.0 Å². The molecule has 0 radical (unpaired) electrons. The maximum atomic E-state index is 11.9. The summed E-state index contributed by atoms with van der Waals surface area (Å²) in [6.07, 6.45) is 3.34. The number of rotatable bonds is 6. The minimum Gasteiger partial charge on any atom is -0.494 e. The van der Waals surface area contributed by atoms with Gasteiger partial charge in [-0.15, -0.1) is 0 Å². The lowest BCUT2D eigenvalue weighted by Gasteiger charge is -2.12. The minimum atomic E-state index is -0.218. The number of ether oxygens (including phenoxy) is 1. The number of carbonyl (C=O) groups is 1. The molecule has 0 aliphatic heterocycles. The molecule has 0 unspecified atom stereocenters. The number of amides is 2. The maximum Gasteiger partial charge on any atom is 0.319 e. The van der Waals surface area contributed by atoms with Gasteiger partial charge in [0.1, 0.15) is 5.75 Å². The van der Waals surface area contributed by atoms with Crippen molar-refractivity contribution in [2.24, 2.45) is 5.92 Å². The van der Waals surface area contributed by atoms with Crippen molar-refractivity contribution in [2.45, 2.75) is 38.7 Å². The third kappa shape index (κ3) is 5.27. The molecule has 2 rings (SSSR count). The molecule has 2 amide bonds. The fraction of sp³-hybridized carbons (Fsp3) is 0.562. The van der Waals surface area contributed by atoms with Crippen LogP contribution in [-0.2, 0) is 0 Å². The number of hydrogen-bond donors (Lipinski definition) is 3. The molecule has 5 heteroatoms. The zero-order valence-corrected chi connectivity index (χ0v) is 12.5. The molecule has 0 saturated heterocycles. The van der Waals surface area contributed by atoms with Crippen molar-refractivity contribution < 1.29 is 14.6 Å². The number of carbonyl (C=O) groups excluding carboxylic acids is 1. The van der Waals surface area contributed by atoms with Crippen LogP contribution < -0.4 is 15.4 Å². The number of urea groups is 1. The molecule has 1 aromatic rings. The average molecular weight is 292 g/mol. The molecule has 0 aromatic heterocycles. The van der Waals surface area contributed by atoms with Gasteiger partial charge in [0.2, 0.25) is 0 Å². The van der Waals surface area contributed by atoms with E-state index < -0.39 is 0 Å². The monoisotopic (exact) mass is 292 g/mol. The summed E-state index contributed by atoms with van der Waals surface area (Å²) in [5.41, 5.74) is 0.715. The van der Waals surface area contributed by atoms with Crippen LogP contribution in [0.3, 0.4) is 0 Å². The van der Waals surface area contributed by atoms with Gasteiger partial charge >= 0.3 is 6.03 Å². The molecule has 0 bridgehead atoms. The molecule has 1 aliphatic rings. The maximum absolute atomic E-state index is 11.9. The Morgan fingerprint density at radius 2 is 2.29 bits per heavy atom. The van der Waals surface area contributed by atoms with Crippen LogP contribution in [0.25, 0.3) is 0 Å². The van der Waals surface area contributed by atoms with Gasteiger partial charge in [-0.2, -0.15) is 0 Å². The van der Waals surface area contributed by atoms with Crippen molar-refractivity contribution in [1.29, 1.82) is 0 Å². The van der Waals surface area contributed by atoms with Gasteiger partial charge in [-0.25, -0.2) is 4.79 Å². The summed E-state index contributed by atoms with van der Waals surface area (Å²) < 4.78 is 5.53. The van der Waals surface area contributed by atoms with Gasteiger partial charge in [-0.05, 0) is 43.7 Å². The molecule has 0 spiro atoms. The fourth-order valence-corrected chi connectivity index (χ4v) is 2.53. The largest absolute Gasteiger partial charge is 0.494 e. The first-order valence-electron chi connectivity index (χ1n) is 7.63. The second-order valence-electron chi connectivity index (χ2n) is 5.54. The van der Waals surface area contributed by atoms with Crippen LogP contribution in [0, 0.1) is 5.92 Å². The Balaban J connectivity index is 1.76. The number of aliphatic hydroxyl groups is 1. The molecule has 1 saturated carbocycles. The quantitative estimate of drug-likeness (QED) is 0.755. The average Bonchev–Trinajstić information content (AvgIpc) is 2.89. The SMILES string of the molecule is CCCOc1cccc(NC(=O)NC[C@H]2CC[C@H](O)C2)c1. The van der Waals surface area contributed by atoms with Gasteiger partial charge in [-0.3, -0.25) is 0 Å². The number of nitrogens with one attached hydrogen (secondary N) is 2. The number of benzene rings is 1. The number of hydrogen-bond acceptors (Lipinski definition) is 3. The third-order valence-electron chi connectivity index (χ3n) is 3.63. The van der Waals surface area contributed by atoms with E-state index in [2.05, 4.69) is 17.6 Å². The molecule has 21 heavy (non-hydrogen) atoms. The highest BCUT2D eigenvalue weighted by atomic mass is 16.5. The smallest absolute Gasteiger partial charge is 0.319 e. The first kappa shape index (κ1) is 15.6. The molecule has 116 valence electrons. The van der Waals surface area contributed by atoms with Crippen LogP contribution in [0.1, 0.15) is 32.6 Å². The summed E-state index contributed by atoms with van der Waals surface area (Å²) in [6.45, 7) is 3.32. The summed E-state index contributed by atoms with van der Waals surface area (Å²) in [4.78, 5) is 11.9. The molecule has 1 aromatic carbocycles. The van der Waals surface area contributed by atoms with E-state index in [-0.39, 0.29) is 12.1 Å². The predicted molar refractivity (Wildman–Crippen MR) is 82.6 cm³/mol. The highest BCUT2D eigenvalue weighted by Gasteiger charge is 2.22. The molecule has 3 N–H and O–H groups in total. The molecule has 1 fully saturated rings. The van der Waals surface area contributed by atoms with E-state index in [1.807, 2.05) is 24.3 Å². The van der Waals surface area contributed by atoms with E-state index in [0.29, 0.717) is 24.8 Å². The Bertz CT molecular complexity index is 465. The normalized spacial score (nSPS) is 21.0. The lowest BCUT2D eigenvalue weighted by atomic mass is 10.1. The Morgan fingerprint density at radius 3 is 3.00 bits per heavy atom. The first-order valence-corrected chi connectivity index (χ1v) is 7.63. The van der Waals surface area contributed by atoms with E-state index in [9.17, 15) is 9.90 Å².